The normalized spacial score (nSPS) is 23.5. The molecule has 1 saturated heterocycles. The summed E-state index contributed by atoms with van der Waals surface area (Å²) in [7, 11) is 0. The van der Waals surface area contributed by atoms with Crippen molar-refractivity contribution in [3.63, 3.8) is 0 Å². The molecule has 1 aliphatic heterocycles. The van der Waals surface area contributed by atoms with Gasteiger partial charge in [-0.2, -0.15) is 0 Å². The standard InChI is InChI=1S/C22H27NO12/c1-10-7-16(23(28)29)8-11(2)18(10)35-22-21(33-15(6)27)20(32-14(5)26)19(31-13(4)25)17(34-22)9-30-12(3)24/h7-8,17,19-22H,9H2,1-6H3/t17-,19+,20+,21-,22+/m1/s1. The summed E-state index contributed by atoms with van der Waals surface area (Å²) in [6.45, 7) is 7.22. The summed E-state index contributed by atoms with van der Waals surface area (Å²) in [4.78, 5) is 57.6. The number of nitrogens with zero attached hydrogens (tertiary/aromatic N) is 1. The molecule has 0 unspecified atom stereocenters. The van der Waals surface area contributed by atoms with E-state index in [1.165, 1.54) is 12.1 Å². The Morgan fingerprint density at radius 2 is 1.34 bits per heavy atom. The summed E-state index contributed by atoms with van der Waals surface area (Å²) in [5.74, 6) is -2.77. The number of ether oxygens (including phenoxy) is 6. The molecule has 0 aromatic heterocycles. The maximum absolute atomic E-state index is 11.9. The summed E-state index contributed by atoms with van der Waals surface area (Å²) in [6.07, 6.45) is -6.74. The number of hydrogen-bond donors (Lipinski definition) is 0. The Bertz CT molecular complexity index is 983. The van der Waals surface area contributed by atoms with E-state index in [0.717, 1.165) is 27.7 Å². The molecular formula is C22H27NO12. The first-order valence-corrected chi connectivity index (χ1v) is 10.5. The van der Waals surface area contributed by atoms with Crippen molar-refractivity contribution in [1.29, 1.82) is 0 Å². The van der Waals surface area contributed by atoms with Gasteiger partial charge >= 0.3 is 23.9 Å². The van der Waals surface area contributed by atoms with E-state index in [-0.39, 0.29) is 11.4 Å². The highest BCUT2D eigenvalue weighted by Crippen LogP contribution is 2.34. The Balaban J connectivity index is 2.54. The van der Waals surface area contributed by atoms with Crippen LogP contribution < -0.4 is 4.74 Å². The summed E-state index contributed by atoms with van der Waals surface area (Å²) in [6, 6.07) is 2.57. The number of rotatable bonds is 8. The predicted molar refractivity (Wildman–Crippen MR) is 115 cm³/mol. The van der Waals surface area contributed by atoms with Crippen LogP contribution in [-0.2, 0) is 42.9 Å². The zero-order chi connectivity index (χ0) is 26.4. The van der Waals surface area contributed by atoms with Crippen LogP contribution in [0, 0.1) is 24.0 Å². The van der Waals surface area contributed by atoms with Crippen molar-refractivity contribution in [2.24, 2.45) is 0 Å². The molecule has 0 bridgehead atoms. The molecule has 0 aliphatic carbocycles. The van der Waals surface area contributed by atoms with E-state index in [1.807, 2.05) is 0 Å². The van der Waals surface area contributed by atoms with Gasteiger partial charge in [0.1, 0.15) is 18.5 Å². The van der Waals surface area contributed by atoms with Crippen LogP contribution in [0.4, 0.5) is 5.69 Å². The topological polar surface area (TPSA) is 167 Å². The maximum Gasteiger partial charge on any atom is 0.303 e. The van der Waals surface area contributed by atoms with Crippen LogP contribution in [0.1, 0.15) is 38.8 Å². The van der Waals surface area contributed by atoms with E-state index >= 15 is 0 Å². The highest BCUT2D eigenvalue weighted by molar-refractivity contribution is 5.68. The number of hydrogen-bond acceptors (Lipinski definition) is 12. The van der Waals surface area contributed by atoms with Crippen LogP contribution >= 0.6 is 0 Å². The monoisotopic (exact) mass is 497 g/mol. The van der Waals surface area contributed by atoms with E-state index < -0.39 is 66.1 Å². The highest BCUT2D eigenvalue weighted by Gasteiger charge is 2.53. The average Bonchev–Trinajstić information content (AvgIpc) is 2.71. The molecule has 0 saturated carbocycles. The van der Waals surface area contributed by atoms with E-state index in [0.29, 0.717) is 11.1 Å². The second-order valence-corrected chi connectivity index (χ2v) is 7.85. The van der Waals surface area contributed by atoms with Crippen LogP contribution in [0.2, 0.25) is 0 Å². The van der Waals surface area contributed by atoms with Crippen molar-refractivity contribution in [1.82, 2.24) is 0 Å². The van der Waals surface area contributed by atoms with Gasteiger partial charge in [0, 0.05) is 39.8 Å². The molecule has 0 radical (unpaired) electrons. The molecule has 1 aromatic rings. The Kier molecular flexibility index (Phi) is 9.12. The van der Waals surface area contributed by atoms with Crippen LogP contribution in [0.5, 0.6) is 5.75 Å². The van der Waals surface area contributed by atoms with Gasteiger partial charge in [-0.05, 0) is 25.0 Å². The van der Waals surface area contributed by atoms with E-state index in [1.54, 1.807) is 13.8 Å². The SMILES string of the molecule is CC(=O)OC[C@H]1O[C@@H](Oc2c(C)cc([N+](=O)[O-])cc2C)[C@H](OC(C)=O)[C@@H](OC(C)=O)[C@H]1OC(C)=O. The molecule has 0 N–H and O–H groups in total. The van der Waals surface area contributed by atoms with Crippen molar-refractivity contribution in [3.05, 3.63) is 33.4 Å². The third kappa shape index (κ3) is 7.37. The largest absolute Gasteiger partial charge is 0.463 e. The molecule has 5 atom stereocenters. The molecule has 35 heavy (non-hydrogen) atoms. The zero-order valence-corrected chi connectivity index (χ0v) is 20.1. The average molecular weight is 497 g/mol. The molecule has 1 heterocycles. The van der Waals surface area contributed by atoms with Crippen LogP contribution in [-0.4, -0.2) is 66.1 Å². The summed E-state index contributed by atoms with van der Waals surface area (Å²) in [5, 5.41) is 11.2. The first-order chi connectivity index (χ1) is 16.3. The van der Waals surface area contributed by atoms with Gasteiger partial charge in [0.2, 0.25) is 12.4 Å². The number of non-ortho nitro benzene ring substituents is 1. The number of benzene rings is 1. The van der Waals surface area contributed by atoms with Crippen molar-refractivity contribution in [2.45, 2.75) is 72.2 Å². The number of nitro benzene ring substituents is 1. The van der Waals surface area contributed by atoms with Gasteiger partial charge < -0.3 is 28.4 Å². The molecule has 1 aromatic carbocycles. The third-order valence-electron chi connectivity index (χ3n) is 4.84. The molecule has 1 fully saturated rings. The van der Waals surface area contributed by atoms with E-state index in [2.05, 4.69) is 0 Å². The van der Waals surface area contributed by atoms with Crippen LogP contribution in [0.3, 0.4) is 0 Å². The fourth-order valence-electron chi connectivity index (χ4n) is 3.62. The Morgan fingerprint density at radius 1 is 0.857 bits per heavy atom. The predicted octanol–water partition coefficient (Wildman–Crippen LogP) is 1.67. The molecule has 0 spiro atoms. The Morgan fingerprint density at radius 3 is 1.80 bits per heavy atom. The number of carbonyl (C=O) groups excluding carboxylic acids is 4. The fourth-order valence-corrected chi connectivity index (χ4v) is 3.62. The fraction of sp³-hybridized carbons (Fsp3) is 0.545. The van der Waals surface area contributed by atoms with E-state index in [4.69, 9.17) is 28.4 Å². The second kappa shape index (κ2) is 11.6. The Labute approximate surface area is 200 Å². The van der Waals surface area contributed by atoms with Gasteiger partial charge in [-0.25, -0.2) is 0 Å². The highest BCUT2D eigenvalue weighted by atomic mass is 16.7. The van der Waals surface area contributed by atoms with Gasteiger partial charge in [-0.15, -0.1) is 0 Å². The minimum atomic E-state index is -1.44. The number of carbonyl (C=O) groups is 4. The molecule has 1 aliphatic rings. The third-order valence-corrected chi connectivity index (χ3v) is 4.84. The van der Waals surface area contributed by atoms with E-state index in [9.17, 15) is 29.3 Å². The van der Waals surface area contributed by atoms with Gasteiger partial charge in [-0.3, -0.25) is 29.3 Å². The Hall–Kier alpha value is -3.74. The zero-order valence-electron chi connectivity index (χ0n) is 20.1. The van der Waals surface area contributed by atoms with Crippen molar-refractivity contribution in [3.8, 4) is 5.75 Å². The van der Waals surface area contributed by atoms with Crippen LogP contribution in [0.25, 0.3) is 0 Å². The summed E-state index contributed by atoms with van der Waals surface area (Å²) < 4.78 is 32.9. The van der Waals surface area contributed by atoms with Gasteiger partial charge in [0.05, 0.1) is 4.92 Å². The van der Waals surface area contributed by atoms with Crippen molar-refractivity contribution >= 4 is 29.6 Å². The smallest absolute Gasteiger partial charge is 0.303 e. The molecule has 13 heteroatoms. The molecule has 2 rings (SSSR count). The van der Waals surface area contributed by atoms with Gasteiger partial charge in [0.25, 0.3) is 5.69 Å². The van der Waals surface area contributed by atoms with Crippen LogP contribution in [0.15, 0.2) is 12.1 Å². The first kappa shape index (κ1) is 27.5. The minimum Gasteiger partial charge on any atom is -0.463 e. The van der Waals surface area contributed by atoms with Crippen molar-refractivity contribution in [2.75, 3.05) is 6.61 Å². The summed E-state index contributed by atoms with van der Waals surface area (Å²) in [5.41, 5.74) is 0.600. The molecule has 0 amide bonds. The summed E-state index contributed by atoms with van der Waals surface area (Å²) >= 11 is 0. The number of aryl methyl sites for hydroxylation is 2. The lowest BCUT2D eigenvalue weighted by atomic mass is 9.98. The molecule has 13 nitrogen and oxygen atoms in total. The van der Waals surface area contributed by atoms with Gasteiger partial charge in [-0.1, -0.05) is 0 Å². The van der Waals surface area contributed by atoms with Gasteiger partial charge in [0.15, 0.2) is 12.2 Å². The minimum absolute atomic E-state index is 0.158. The molecular weight excluding hydrogens is 470 g/mol. The molecule has 192 valence electrons. The lowest BCUT2D eigenvalue weighted by Gasteiger charge is -2.44. The lowest BCUT2D eigenvalue weighted by molar-refractivity contribution is -0.385. The quantitative estimate of drug-likeness (QED) is 0.221. The van der Waals surface area contributed by atoms with Crippen molar-refractivity contribution < 1.29 is 52.5 Å². The second-order valence-electron chi connectivity index (χ2n) is 7.85. The number of esters is 4. The lowest BCUT2D eigenvalue weighted by Crippen LogP contribution is -2.63. The maximum atomic E-state index is 11.9. The first-order valence-electron chi connectivity index (χ1n) is 10.5. The number of nitro groups is 1.